The first-order chi connectivity index (χ1) is 10.1. The number of hydrogen-bond acceptors (Lipinski definition) is 3. The van der Waals surface area contributed by atoms with Crippen LogP contribution in [-0.4, -0.2) is 11.0 Å². The van der Waals surface area contributed by atoms with Gasteiger partial charge in [-0.05, 0) is 30.2 Å². The molecule has 0 heterocycles. The van der Waals surface area contributed by atoms with Gasteiger partial charge in [-0.25, -0.2) is 0 Å². The van der Waals surface area contributed by atoms with Gasteiger partial charge >= 0.3 is 0 Å². The average molecular weight is 304 g/mol. The van der Waals surface area contributed by atoms with E-state index in [-0.39, 0.29) is 11.9 Å². The minimum Gasteiger partial charge on any atom is -0.409 e. The highest BCUT2D eigenvalue weighted by Crippen LogP contribution is 2.18. The predicted molar refractivity (Wildman–Crippen MR) is 85.7 cm³/mol. The molecule has 0 unspecified atom stereocenters. The molecule has 110 valence electrons. The van der Waals surface area contributed by atoms with Crippen molar-refractivity contribution in [1.29, 1.82) is 0 Å². The molecule has 2 rings (SSSR count). The lowest BCUT2D eigenvalue weighted by Gasteiger charge is -2.16. The van der Waals surface area contributed by atoms with Crippen LogP contribution in [0.3, 0.4) is 0 Å². The monoisotopic (exact) mass is 303 g/mol. The predicted octanol–water partition coefficient (Wildman–Crippen LogP) is 3.29. The van der Waals surface area contributed by atoms with Crippen LogP contribution < -0.4 is 11.1 Å². The minimum atomic E-state index is 0.114. The van der Waals surface area contributed by atoms with E-state index in [2.05, 4.69) is 17.4 Å². The molecule has 0 aliphatic heterocycles. The summed E-state index contributed by atoms with van der Waals surface area (Å²) in [5, 5.41) is 16.0. The topological polar surface area (TPSA) is 70.6 Å². The second kappa shape index (κ2) is 7.11. The van der Waals surface area contributed by atoms with Crippen LogP contribution in [0.4, 0.5) is 0 Å². The Morgan fingerprint density at radius 2 is 2.05 bits per heavy atom. The Labute approximate surface area is 129 Å². The van der Waals surface area contributed by atoms with Crippen LogP contribution in [0.5, 0.6) is 0 Å². The second-order valence-corrected chi connectivity index (χ2v) is 5.24. The van der Waals surface area contributed by atoms with Gasteiger partial charge in [-0.15, -0.1) is 0 Å². The summed E-state index contributed by atoms with van der Waals surface area (Å²) in [5.41, 5.74) is 8.50. The molecule has 1 atom stereocenters. The zero-order valence-electron chi connectivity index (χ0n) is 11.8. The van der Waals surface area contributed by atoms with E-state index in [1.807, 2.05) is 48.5 Å². The molecule has 0 radical (unpaired) electrons. The van der Waals surface area contributed by atoms with Crippen molar-refractivity contribution in [2.75, 3.05) is 0 Å². The zero-order chi connectivity index (χ0) is 15.2. The fraction of sp³-hybridized carbons (Fsp3) is 0.188. The van der Waals surface area contributed by atoms with E-state index >= 15 is 0 Å². The maximum atomic E-state index is 8.83. The maximum absolute atomic E-state index is 8.83. The number of halogens is 1. The van der Waals surface area contributed by atoms with Gasteiger partial charge in [0.2, 0.25) is 0 Å². The lowest BCUT2D eigenvalue weighted by atomic mass is 10.0. The SMILES string of the molecule is C[C@H](NCc1ccccc1/C(N)=N/O)c1cccc(Cl)c1. The third-order valence-corrected chi connectivity index (χ3v) is 3.58. The van der Waals surface area contributed by atoms with Gasteiger partial charge in [0.05, 0.1) is 0 Å². The van der Waals surface area contributed by atoms with Crippen LogP contribution >= 0.6 is 11.6 Å². The molecule has 4 N–H and O–H groups in total. The largest absolute Gasteiger partial charge is 0.409 e. The first-order valence-corrected chi connectivity index (χ1v) is 7.04. The van der Waals surface area contributed by atoms with Gasteiger partial charge in [0, 0.05) is 23.2 Å². The standard InChI is InChI=1S/C16H18ClN3O/c1-11(12-6-4-7-14(17)9-12)19-10-13-5-2-3-8-15(13)16(18)20-21/h2-9,11,19,21H,10H2,1H3,(H2,18,20)/t11-/m0/s1. The highest BCUT2D eigenvalue weighted by Gasteiger charge is 2.09. The summed E-state index contributed by atoms with van der Waals surface area (Å²) in [5.74, 6) is 0.114. The van der Waals surface area contributed by atoms with E-state index in [1.54, 1.807) is 0 Å². The Kier molecular flexibility index (Phi) is 5.20. The molecule has 4 nitrogen and oxygen atoms in total. The molecule has 21 heavy (non-hydrogen) atoms. The van der Waals surface area contributed by atoms with Crippen molar-refractivity contribution in [1.82, 2.24) is 5.32 Å². The Morgan fingerprint density at radius 3 is 2.76 bits per heavy atom. The summed E-state index contributed by atoms with van der Waals surface area (Å²) in [6.45, 7) is 2.68. The van der Waals surface area contributed by atoms with Crippen molar-refractivity contribution in [3.05, 3.63) is 70.2 Å². The average Bonchev–Trinajstić information content (AvgIpc) is 2.52. The first-order valence-electron chi connectivity index (χ1n) is 6.66. The first kappa shape index (κ1) is 15.4. The Bertz CT molecular complexity index is 643. The Hall–Kier alpha value is -2.04. The Morgan fingerprint density at radius 1 is 1.29 bits per heavy atom. The summed E-state index contributed by atoms with van der Waals surface area (Å²) in [4.78, 5) is 0. The molecule has 0 aliphatic rings. The lowest BCUT2D eigenvalue weighted by Crippen LogP contribution is -2.22. The summed E-state index contributed by atoms with van der Waals surface area (Å²) in [7, 11) is 0. The third-order valence-electron chi connectivity index (χ3n) is 3.35. The summed E-state index contributed by atoms with van der Waals surface area (Å²) in [6, 6.07) is 15.5. The molecular weight excluding hydrogens is 286 g/mol. The van der Waals surface area contributed by atoms with Gasteiger partial charge in [0.15, 0.2) is 5.84 Å². The molecule has 0 saturated heterocycles. The number of hydrogen-bond donors (Lipinski definition) is 3. The van der Waals surface area contributed by atoms with Crippen LogP contribution in [0.25, 0.3) is 0 Å². The number of oxime groups is 1. The van der Waals surface area contributed by atoms with Crippen LogP contribution in [0.1, 0.15) is 29.7 Å². The molecule has 0 amide bonds. The van der Waals surface area contributed by atoms with E-state index < -0.39 is 0 Å². The fourth-order valence-electron chi connectivity index (χ4n) is 2.14. The van der Waals surface area contributed by atoms with E-state index in [0.29, 0.717) is 6.54 Å². The number of benzene rings is 2. The second-order valence-electron chi connectivity index (χ2n) is 4.80. The molecular formula is C16H18ClN3O. The van der Waals surface area contributed by atoms with Crippen molar-refractivity contribution in [2.24, 2.45) is 10.9 Å². The smallest absolute Gasteiger partial charge is 0.170 e. The van der Waals surface area contributed by atoms with Crippen molar-refractivity contribution in [2.45, 2.75) is 19.5 Å². The van der Waals surface area contributed by atoms with Crippen LogP contribution in [0.2, 0.25) is 5.02 Å². The molecule has 2 aromatic carbocycles. The quantitative estimate of drug-likeness (QED) is 0.343. The lowest BCUT2D eigenvalue weighted by molar-refractivity contribution is 0.318. The minimum absolute atomic E-state index is 0.114. The molecule has 0 spiro atoms. The normalized spacial score (nSPS) is 13.1. The van der Waals surface area contributed by atoms with Gasteiger partial charge in [-0.3, -0.25) is 0 Å². The van der Waals surface area contributed by atoms with Crippen molar-refractivity contribution in [3.63, 3.8) is 0 Å². The van der Waals surface area contributed by atoms with Crippen molar-refractivity contribution >= 4 is 17.4 Å². The molecule has 2 aromatic rings. The molecule has 5 heteroatoms. The highest BCUT2D eigenvalue weighted by molar-refractivity contribution is 6.30. The molecule has 0 fully saturated rings. The van der Waals surface area contributed by atoms with Gasteiger partial charge in [0.1, 0.15) is 0 Å². The van der Waals surface area contributed by atoms with E-state index in [1.165, 1.54) is 0 Å². The highest BCUT2D eigenvalue weighted by atomic mass is 35.5. The van der Waals surface area contributed by atoms with Crippen molar-refractivity contribution in [3.8, 4) is 0 Å². The molecule has 0 aromatic heterocycles. The number of nitrogens with zero attached hydrogens (tertiary/aromatic N) is 1. The van der Waals surface area contributed by atoms with E-state index in [4.69, 9.17) is 22.5 Å². The number of nitrogens with two attached hydrogens (primary N) is 1. The van der Waals surface area contributed by atoms with Gasteiger partial charge in [0.25, 0.3) is 0 Å². The molecule has 0 bridgehead atoms. The van der Waals surface area contributed by atoms with Crippen molar-refractivity contribution < 1.29 is 5.21 Å². The van der Waals surface area contributed by atoms with Gasteiger partial charge in [-0.2, -0.15) is 0 Å². The number of nitrogens with one attached hydrogen (secondary N) is 1. The number of amidine groups is 1. The maximum Gasteiger partial charge on any atom is 0.170 e. The van der Waals surface area contributed by atoms with E-state index in [9.17, 15) is 0 Å². The van der Waals surface area contributed by atoms with Crippen LogP contribution in [0.15, 0.2) is 53.7 Å². The van der Waals surface area contributed by atoms with Crippen LogP contribution in [-0.2, 0) is 6.54 Å². The van der Waals surface area contributed by atoms with Crippen LogP contribution in [0, 0.1) is 0 Å². The Balaban J connectivity index is 2.10. The summed E-state index contributed by atoms with van der Waals surface area (Å²) in [6.07, 6.45) is 0. The van der Waals surface area contributed by atoms with Gasteiger partial charge in [-0.1, -0.05) is 53.2 Å². The third kappa shape index (κ3) is 3.97. The van der Waals surface area contributed by atoms with E-state index in [0.717, 1.165) is 21.7 Å². The summed E-state index contributed by atoms with van der Waals surface area (Å²) < 4.78 is 0. The summed E-state index contributed by atoms with van der Waals surface area (Å²) >= 11 is 6.00. The van der Waals surface area contributed by atoms with Gasteiger partial charge < -0.3 is 16.3 Å². The zero-order valence-corrected chi connectivity index (χ0v) is 12.5. The molecule has 0 saturated carbocycles. The molecule has 0 aliphatic carbocycles. The fourth-order valence-corrected chi connectivity index (χ4v) is 2.33. The number of rotatable bonds is 5.